The van der Waals surface area contributed by atoms with Crippen LogP contribution < -0.4 is 80.8 Å². The van der Waals surface area contributed by atoms with Crippen molar-refractivity contribution < 1.29 is 136 Å². The molecule has 0 aromatic carbocycles. The van der Waals surface area contributed by atoms with Crippen molar-refractivity contribution in [2.75, 3.05) is 68.7 Å². The van der Waals surface area contributed by atoms with E-state index in [0.29, 0.717) is 142 Å². The first-order valence-electron chi connectivity index (χ1n) is 43.8. The van der Waals surface area contributed by atoms with E-state index in [2.05, 4.69) is 90.4 Å². The lowest BCUT2D eigenvalue weighted by Gasteiger charge is -2.34. The van der Waals surface area contributed by atoms with Crippen LogP contribution in [0.15, 0.2) is 145 Å². The van der Waals surface area contributed by atoms with E-state index in [-0.39, 0.29) is 85.3 Å². The Labute approximate surface area is 826 Å². The van der Waals surface area contributed by atoms with Gasteiger partial charge in [0.2, 0.25) is 0 Å². The van der Waals surface area contributed by atoms with Crippen LogP contribution in [-0.4, -0.2) is 259 Å². The van der Waals surface area contributed by atoms with Gasteiger partial charge in [0.05, 0.1) is 110 Å². The minimum atomic E-state index is -5.12. The maximum absolute atomic E-state index is 13.1. The van der Waals surface area contributed by atoms with Crippen LogP contribution in [0.1, 0.15) is 135 Å². The van der Waals surface area contributed by atoms with E-state index in [9.17, 15) is 52.3 Å². The van der Waals surface area contributed by atoms with Crippen LogP contribution in [-0.2, 0) is 71.3 Å². The van der Waals surface area contributed by atoms with Crippen molar-refractivity contribution >= 4 is 116 Å². The number of aromatic nitrogens is 18. The number of aliphatic hydroxyl groups excluding tert-OH is 3. The molecule has 772 valence electrons. The molecule has 0 spiro atoms. The number of pyridine rings is 3. The van der Waals surface area contributed by atoms with Crippen molar-refractivity contribution in [2.24, 2.45) is 34.4 Å². The van der Waals surface area contributed by atoms with Crippen LogP contribution in [0.4, 0.5) is 17.1 Å². The van der Waals surface area contributed by atoms with Gasteiger partial charge in [-0.25, -0.2) is 33.6 Å². The number of anilines is 3. The standard InChI is InChI=1S/3C22H24N7O6PS.2C6H14N4O2.C4H11NO3/c3*1-2-34-16-7-15(8-16)29-11-18(20(27-29)17-5-3-4-6-23-17)25-21(30)19-12-37-22(26-19)14-9-24-28(10-14)13-35-36(31,32)33;2*7-4(5(11)12)2-1-3-10-6(8)9;5-4(1-6,2-7)3-8/h3*3-6,9-12,15-16H,2,7-8,13H2,1H3,(H,25,30)(H2,31,32,33);2*4H,1-3,7H2,(H,11,12)(H4,8,9,10);6-8H,1-3,5H2. The molecule has 3 atom stereocenters. The van der Waals surface area contributed by atoms with Crippen molar-refractivity contribution in [1.82, 2.24) is 88.6 Å². The molecule has 0 bridgehead atoms. The Kier molecular flexibility index (Phi) is 42.2. The summed E-state index contributed by atoms with van der Waals surface area (Å²) in [6.45, 7) is 6.71. The lowest BCUT2D eigenvalue weighted by Crippen LogP contribution is -2.78. The number of hydrogen-bond acceptors (Lipinski definition) is 37. The zero-order valence-electron chi connectivity index (χ0n) is 77.1. The Bertz CT molecular complexity index is 5730. The van der Waals surface area contributed by atoms with E-state index in [4.69, 9.17) is 104 Å². The number of amides is 3. The van der Waals surface area contributed by atoms with Crippen LogP contribution in [0.3, 0.4) is 0 Å². The first-order valence-corrected chi connectivity index (χ1v) is 50.9. The Hall–Kier alpha value is -12.5. The van der Waals surface area contributed by atoms with Gasteiger partial charge in [-0.15, -0.1) is 34.0 Å². The molecule has 12 heterocycles. The quantitative estimate of drug-likeness (QED) is 0.00858. The summed E-state index contributed by atoms with van der Waals surface area (Å²) in [6.07, 6.45) is 27.1. The number of thiazole rings is 3. The Morgan fingerprint density at radius 2 is 0.804 bits per heavy atom. The summed E-state index contributed by atoms with van der Waals surface area (Å²) in [7, 11) is -14.6. The van der Waals surface area contributed by atoms with Gasteiger partial charge in [0, 0.05) is 108 Å². The Morgan fingerprint density at radius 3 is 1.06 bits per heavy atom. The van der Waals surface area contributed by atoms with Gasteiger partial charge in [-0.05, 0) is 121 Å². The second-order valence-corrected chi connectivity index (χ2v) is 37.9. The third-order valence-corrected chi connectivity index (χ3v) is 24.8. The highest BCUT2D eigenvalue weighted by Gasteiger charge is 2.37. The number of phosphoric acid groups is 3. The predicted molar refractivity (Wildman–Crippen MR) is 509 cm³/mol. The van der Waals surface area contributed by atoms with Gasteiger partial charge in [-0.2, -0.15) is 30.6 Å². The molecule has 0 aliphatic heterocycles. The Balaban J connectivity index is 0.000000191. The first-order chi connectivity index (χ1) is 68.1. The topological polar surface area (TPSA) is 855 Å². The summed E-state index contributed by atoms with van der Waals surface area (Å²) in [6, 6.07) is 15.4. The Morgan fingerprint density at radius 1 is 0.497 bits per heavy atom. The molecule has 3 aliphatic carbocycles. The molecular formula is C82H111N30O25P3S3. The third kappa shape index (κ3) is 35.5. The minimum Gasteiger partial charge on any atom is -0.790 e. The van der Waals surface area contributed by atoms with Crippen LogP contribution in [0.2, 0.25) is 0 Å². The van der Waals surface area contributed by atoms with Crippen molar-refractivity contribution in [3.05, 3.63) is 162 Å². The number of hydrogen-bond donors (Lipinski definition) is 20. The summed E-state index contributed by atoms with van der Waals surface area (Å²) >= 11 is 3.68. The molecule has 61 heteroatoms. The van der Waals surface area contributed by atoms with Crippen LogP contribution in [0, 0.1) is 0 Å². The number of aliphatic carboxylic acids is 2. The van der Waals surface area contributed by atoms with Gasteiger partial charge in [0.15, 0.2) is 12.3 Å². The number of carboxylic acids is 2. The largest absolute Gasteiger partial charge is 0.790 e. The number of phosphoric ester groups is 3. The van der Waals surface area contributed by atoms with Crippen molar-refractivity contribution in [1.29, 1.82) is 0 Å². The molecule has 12 aromatic heterocycles. The fourth-order valence-electron chi connectivity index (χ4n) is 13.1. The molecule has 3 unspecified atom stereocenters. The molecule has 3 saturated carbocycles. The van der Waals surface area contributed by atoms with Crippen molar-refractivity contribution in [2.45, 2.75) is 159 Å². The lowest BCUT2D eigenvalue weighted by atomic mass is 9.89. The zero-order valence-corrected chi connectivity index (χ0v) is 82.3. The lowest BCUT2D eigenvalue weighted by molar-refractivity contribution is -0.494. The molecule has 143 heavy (non-hydrogen) atoms. The highest BCUT2D eigenvalue weighted by atomic mass is 32.1. The maximum atomic E-state index is 13.1. The van der Waals surface area contributed by atoms with Gasteiger partial charge >= 0.3 is 31.7 Å². The van der Waals surface area contributed by atoms with Gasteiger partial charge in [0.1, 0.15) is 94.6 Å². The normalized spacial score (nSPS) is 16.6. The third-order valence-electron chi connectivity index (χ3n) is 20.8. The highest BCUT2D eigenvalue weighted by molar-refractivity contribution is 7.46. The second kappa shape index (κ2) is 53.7. The molecular weight excluding hydrogens is 1990 g/mol. The SMILES string of the molecule is CCOC1CC(n2cc(NC(=O)c3csc(-c4cnn(COP(=O)(O)O)c4)n3)c(-c3ccccn3)n2)C1.CCOC1CC(n2cc(NC(=O)c3csc(-c4cnn(COP(=O)([O-])O)c4)n3)c(-c3ccccn3)n2)C1.CCOC1CC(n2cc(NC(=O)c3csc(-c4cnn(COP(=O)([O-])[O-])c4)n3)c(-c3ccccn3)n2)C1.NC(N)=[NH+]CCCC(N)C(=O)O.NC(N)=[NH+]CCCC(N)C(=O)O.[NH3+]C(CO)(CO)CO. The molecule has 3 aliphatic rings. The summed E-state index contributed by atoms with van der Waals surface area (Å²) < 4.78 is 71.4. The number of nitrogens with zero attached hydrogens (tertiary/aromatic N) is 18. The molecule has 3 amide bonds. The van der Waals surface area contributed by atoms with E-state index >= 15 is 0 Å². The number of carbonyl (C=O) groups excluding carboxylic acids is 3. The van der Waals surface area contributed by atoms with E-state index in [1.165, 1.54) is 80.6 Å². The fraction of sp³-hybridized carbons (Fsp3) is 0.402. The van der Waals surface area contributed by atoms with E-state index < -0.39 is 90.9 Å². The number of nitrogens with one attached hydrogen (secondary N) is 5. The molecule has 0 saturated heterocycles. The number of rotatable bonds is 43. The number of ether oxygens (including phenoxy) is 3. The summed E-state index contributed by atoms with van der Waals surface area (Å²) in [5, 5.41) is 83.1. The van der Waals surface area contributed by atoms with Crippen molar-refractivity contribution in [3.63, 3.8) is 0 Å². The zero-order chi connectivity index (χ0) is 104. The van der Waals surface area contributed by atoms with Crippen LogP contribution >= 0.6 is 57.5 Å². The highest BCUT2D eigenvalue weighted by Crippen LogP contribution is 2.42. The summed E-state index contributed by atoms with van der Waals surface area (Å²) in [5.41, 5.74) is 40.7. The van der Waals surface area contributed by atoms with Crippen LogP contribution in [0.5, 0.6) is 0 Å². The molecule has 12 aromatic rings. The molecule has 28 N–H and O–H groups in total. The first kappa shape index (κ1) is 112. The van der Waals surface area contributed by atoms with Gasteiger partial charge in [-0.1, -0.05) is 18.2 Å². The smallest absolute Gasteiger partial charge is 0.471 e. The average molecular weight is 2110 g/mol. The molecule has 55 nitrogen and oxygen atoms in total. The number of carboxylic acid groups (broad SMARTS) is 2. The van der Waals surface area contributed by atoms with Gasteiger partial charge in [-0.3, -0.25) is 99.5 Å². The molecule has 15 rings (SSSR count). The van der Waals surface area contributed by atoms with Gasteiger partial charge in [0.25, 0.3) is 25.5 Å². The van der Waals surface area contributed by atoms with E-state index in [1.54, 1.807) is 40.9 Å². The van der Waals surface area contributed by atoms with E-state index in [0.717, 1.165) is 43.2 Å². The monoisotopic (exact) mass is 2100 g/mol. The molecule has 0 radical (unpaired) electrons. The number of quaternary nitrogens is 1. The van der Waals surface area contributed by atoms with Crippen LogP contribution in [0.25, 0.3) is 65.9 Å². The fourth-order valence-corrected chi connectivity index (χ4v) is 16.2. The minimum absolute atomic E-state index is 0.138. The van der Waals surface area contributed by atoms with E-state index in [1.807, 2.05) is 102 Å². The number of aliphatic hydroxyl groups is 3. The second-order valence-electron chi connectivity index (χ2n) is 31.7. The summed E-state index contributed by atoms with van der Waals surface area (Å²) in [5.74, 6) is -2.94. The summed E-state index contributed by atoms with van der Waals surface area (Å²) in [4.78, 5) is 150. The number of carbonyl (C=O) groups is 5. The molecule has 3 fully saturated rings. The number of guanidine groups is 2. The predicted octanol–water partition coefficient (Wildman–Crippen LogP) is -1.91. The maximum Gasteiger partial charge on any atom is 0.471 e. The number of nitrogens with two attached hydrogens (primary N) is 6. The average Bonchev–Trinajstić information content (AvgIpc) is 1.65. The van der Waals surface area contributed by atoms with Gasteiger partial charge < -0.3 is 111 Å². The van der Waals surface area contributed by atoms with Crippen molar-refractivity contribution in [3.8, 4) is 65.9 Å².